The zero-order valence-corrected chi connectivity index (χ0v) is 9.17. The van der Waals surface area contributed by atoms with Crippen molar-refractivity contribution in [1.29, 1.82) is 0 Å². The van der Waals surface area contributed by atoms with E-state index in [1.807, 2.05) is 0 Å². The number of esters is 1. The first-order valence-corrected chi connectivity index (χ1v) is 5.61. The van der Waals surface area contributed by atoms with Crippen molar-refractivity contribution >= 4 is 17.6 Å². The second-order valence-corrected chi connectivity index (χ2v) is 4.29. The molecule has 0 N–H and O–H groups in total. The predicted molar refractivity (Wildman–Crippen MR) is 59.0 cm³/mol. The molecule has 80 valence electrons. The third-order valence-electron chi connectivity index (χ3n) is 2.72. The molecule has 2 rings (SSSR count). The van der Waals surface area contributed by atoms with Gasteiger partial charge in [0.2, 0.25) is 0 Å². The molecule has 1 aliphatic carbocycles. The van der Waals surface area contributed by atoms with Crippen LogP contribution in [-0.4, -0.2) is 5.97 Å². The van der Waals surface area contributed by atoms with Gasteiger partial charge in [-0.15, -0.1) is 0 Å². The lowest BCUT2D eigenvalue weighted by Gasteiger charge is -2.08. The number of ether oxygens (including phenoxy) is 1. The maximum absolute atomic E-state index is 11.6. The van der Waals surface area contributed by atoms with Crippen LogP contribution in [0.15, 0.2) is 24.3 Å². The topological polar surface area (TPSA) is 26.3 Å². The highest BCUT2D eigenvalue weighted by atomic mass is 35.5. The number of hydrogen-bond donors (Lipinski definition) is 0. The standard InChI is InChI=1S/C12H13ClO2/c13-10-5-7-11(8-6-10)15-12(14)9-3-1-2-4-9/h5-9H,1-4H2. The van der Waals surface area contributed by atoms with E-state index in [-0.39, 0.29) is 11.9 Å². The zero-order chi connectivity index (χ0) is 10.7. The molecule has 1 saturated carbocycles. The van der Waals surface area contributed by atoms with Crippen molar-refractivity contribution in [1.82, 2.24) is 0 Å². The third-order valence-corrected chi connectivity index (χ3v) is 2.97. The van der Waals surface area contributed by atoms with E-state index >= 15 is 0 Å². The minimum absolute atomic E-state index is 0.0979. The molecule has 15 heavy (non-hydrogen) atoms. The van der Waals surface area contributed by atoms with Crippen molar-refractivity contribution in [3.8, 4) is 5.75 Å². The zero-order valence-electron chi connectivity index (χ0n) is 8.41. The minimum atomic E-state index is -0.102. The van der Waals surface area contributed by atoms with Crippen molar-refractivity contribution < 1.29 is 9.53 Å². The van der Waals surface area contributed by atoms with Gasteiger partial charge in [0, 0.05) is 5.02 Å². The quantitative estimate of drug-likeness (QED) is 0.568. The van der Waals surface area contributed by atoms with E-state index < -0.39 is 0 Å². The fourth-order valence-electron chi connectivity index (χ4n) is 1.86. The monoisotopic (exact) mass is 224 g/mol. The summed E-state index contributed by atoms with van der Waals surface area (Å²) in [6, 6.07) is 6.88. The van der Waals surface area contributed by atoms with Gasteiger partial charge >= 0.3 is 5.97 Å². The molecule has 2 nitrogen and oxygen atoms in total. The summed E-state index contributed by atoms with van der Waals surface area (Å²) in [5.41, 5.74) is 0. The van der Waals surface area contributed by atoms with Gasteiger partial charge in [0.25, 0.3) is 0 Å². The van der Waals surface area contributed by atoms with Crippen LogP contribution < -0.4 is 4.74 Å². The van der Waals surface area contributed by atoms with E-state index in [9.17, 15) is 4.79 Å². The van der Waals surface area contributed by atoms with E-state index in [1.165, 1.54) is 0 Å². The second kappa shape index (κ2) is 4.67. The van der Waals surface area contributed by atoms with Crippen molar-refractivity contribution in [3.63, 3.8) is 0 Å². The van der Waals surface area contributed by atoms with Gasteiger partial charge < -0.3 is 4.74 Å². The largest absolute Gasteiger partial charge is 0.426 e. The molecular weight excluding hydrogens is 212 g/mol. The molecule has 0 bridgehead atoms. The maximum Gasteiger partial charge on any atom is 0.314 e. The Hall–Kier alpha value is -1.02. The van der Waals surface area contributed by atoms with Crippen LogP contribution >= 0.6 is 11.6 Å². The number of hydrogen-bond acceptors (Lipinski definition) is 2. The number of rotatable bonds is 2. The van der Waals surface area contributed by atoms with Crippen LogP contribution in [0.4, 0.5) is 0 Å². The Morgan fingerprint density at radius 3 is 2.40 bits per heavy atom. The molecule has 1 aromatic rings. The van der Waals surface area contributed by atoms with E-state index in [4.69, 9.17) is 16.3 Å². The highest BCUT2D eigenvalue weighted by Crippen LogP contribution is 2.26. The molecule has 3 heteroatoms. The smallest absolute Gasteiger partial charge is 0.314 e. The summed E-state index contributed by atoms with van der Waals surface area (Å²) >= 11 is 5.73. The molecule has 1 fully saturated rings. The number of carbonyl (C=O) groups excluding carboxylic acids is 1. The predicted octanol–water partition coefficient (Wildman–Crippen LogP) is 3.44. The average molecular weight is 225 g/mol. The Morgan fingerprint density at radius 1 is 1.20 bits per heavy atom. The first-order chi connectivity index (χ1) is 7.25. The Labute approximate surface area is 94.2 Å². The molecule has 0 atom stereocenters. The van der Waals surface area contributed by atoms with Crippen LogP contribution in [0, 0.1) is 5.92 Å². The minimum Gasteiger partial charge on any atom is -0.426 e. The van der Waals surface area contributed by atoms with Gasteiger partial charge in [-0.05, 0) is 37.1 Å². The molecule has 0 amide bonds. The Balaban J connectivity index is 1.96. The van der Waals surface area contributed by atoms with Crippen LogP contribution in [-0.2, 0) is 4.79 Å². The summed E-state index contributed by atoms with van der Waals surface area (Å²) < 4.78 is 5.26. The lowest BCUT2D eigenvalue weighted by molar-refractivity contribution is -0.138. The van der Waals surface area contributed by atoms with Gasteiger partial charge in [-0.3, -0.25) is 4.79 Å². The molecule has 1 aliphatic rings. The first-order valence-electron chi connectivity index (χ1n) is 5.23. The van der Waals surface area contributed by atoms with Crippen LogP contribution in [0.5, 0.6) is 5.75 Å². The summed E-state index contributed by atoms with van der Waals surface area (Å²) in [6.45, 7) is 0. The average Bonchev–Trinajstić information content (AvgIpc) is 2.74. The molecule has 0 heterocycles. The maximum atomic E-state index is 11.6. The number of carbonyl (C=O) groups is 1. The van der Waals surface area contributed by atoms with Crippen molar-refractivity contribution in [2.75, 3.05) is 0 Å². The molecule has 0 unspecified atom stereocenters. The molecule has 0 saturated heterocycles. The van der Waals surface area contributed by atoms with Crippen LogP contribution in [0.3, 0.4) is 0 Å². The Morgan fingerprint density at radius 2 is 1.80 bits per heavy atom. The summed E-state index contributed by atoms with van der Waals surface area (Å²) in [5, 5.41) is 0.649. The van der Waals surface area contributed by atoms with Gasteiger partial charge in [-0.1, -0.05) is 24.4 Å². The SMILES string of the molecule is O=C(Oc1ccc(Cl)cc1)C1CCCC1. The fraction of sp³-hybridized carbons (Fsp3) is 0.417. The second-order valence-electron chi connectivity index (χ2n) is 3.86. The molecule has 1 aromatic carbocycles. The Kier molecular flexibility index (Phi) is 3.27. The first kappa shape index (κ1) is 10.5. The van der Waals surface area contributed by atoms with Crippen LogP contribution in [0.1, 0.15) is 25.7 Å². The molecule has 0 radical (unpaired) electrons. The van der Waals surface area contributed by atoms with Gasteiger partial charge in [-0.2, -0.15) is 0 Å². The van der Waals surface area contributed by atoms with E-state index in [0.717, 1.165) is 25.7 Å². The fourth-order valence-corrected chi connectivity index (χ4v) is 1.99. The highest BCUT2D eigenvalue weighted by Gasteiger charge is 2.24. The molecular formula is C12H13ClO2. The van der Waals surface area contributed by atoms with E-state index in [2.05, 4.69) is 0 Å². The summed E-state index contributed by atoms with van der Waals surface area (Å²) in [5.74, 6) is 0.576. The molecule has 0 aromatic heterocycles. The van der Waals surface area contributed by atoms with Crippen LogP contribution in [0.25, 0.3) is 0 Å². The molecule has 0 aliphatic heterocycles. The van der Waals surface area contributed by atoms with Gasteiger partial charge in [-0.25, -0.2) is 0 Å². The number of halogens is 1. The lowest BCUT2D eigenvalue weighted by Crippen LogP contribution is -2.17. The van der Waals surface area contributed by atoms with Gasteiger partial charge in [0.1, 0.15) is 5.75 Å². The lowest BCUT2D eigenvalue weighted by atomic mass is 10.1. The van der Waals surface area contributed by atoms with Crippen molar-refractivity contribution in [2.24, 2.45) is 5.92 Å². The summed E-state index contributed by atoms with van der Waals surface area (Å²) in [7, 11) is 0. The van der Waals surface area contributed by atoms with Gasteiger partial charge in [0.05, 0.1) is 5.92 Å². The highest BCUT2D eigenvalue weighted by molar-refractivity contribution is 6.30. The normalized spacial score (nSPS) is 16.6. The van der Waals surface area contributed by atoms with E-state index in [0.29, 0.717) is 10.8 Å². The van der Waals surface area contributed by atoms with Crippen molar-refractivity contribution in [3.05, 3.63) is 29.3 Å². The Bertz CT molecular complexity index is 339. The van der Waals surface area contributed by atoms with Gasteiger partial charge in [0.15, 0.2) is 0 Å². The number of benzene rings is 1. The molecule has 0 spiro atoms. The van der Waals surface area contributed by atoms with E-state index in [1.54, 1.807) is 24.3 Å². The van der Waals surface area contributed by atoms with Crippen molar-refractivity contribution in [2.45, 2.75) is 25.7 Å². The third kappa shape index (κ3) is 2.72. The van der Waals surface area contributed by atoms with Crippen LogP contribution in [0.2, 0.25) is 5.02 Å². The summed E-state index contributed by atoms with van der Waals surface area (Å²) in [4.78, 5) is 11.6. The summed E-state index contributed by atoms with van der Waals surface area (Å²) in [6.07, 6.45) is 4.21.